The van der Waals surface area contributed by atoms with Crippen molar-refractivity contribution in [2.75, 3.05) is 5.73 Å². The number of rotatable bonds is 1. The fourth-order valence-electron chi connectivity index (χ4n) is 1.22. The normalized spacial score (nSPS) is 10.4. The highest BCUT2D eigenvalue weighted by Crippen LogP contribution is 2.19. The Morgan fingerprint density at radius 2 is 2.21 bits per heavy atom. The number of aromatic nitrogens is 3. The lowest BCUT2D eigenvalue weighted by molar-refractivity contribution is 0.632. The summed E-state index contributed by atoms with van der Waals surface area (Å²) < 4.78 is 14.7. The van der Waals surface area contributed by atoms with Crippen molar-refractivity contribution in [3.05, 3.63) is 30.3 Å². The van der Waals surface area contributed by atoms with Crippen LogP contribution in [0.25, 0.3) is 11.4 Å². The topological polar surface area (TPSA) is 56.7 Å². The Labute approximate surface area is 80.2 Å². The van der Waals surface area contributed by atoms with E-state index in [0.717, 1.165) is 0 Å². The Morgan fingerprint density at radius 3 is 2.79 bits per heavy atom. The third-order valence-electron chi connectivity index (χ3n) is 1.97. The van der Waals surface area contributed by atoms with E-state index in [9.17, 15) is 4.39 Å². The first-order chi connectivity index (χ1) is 6.68. The Bertz CT molecular complexity index is 464. The van der Waals surface area contributed by atoms with E-state index in [4.69, 9.17) is 5.73 Å². The third kappa shape index (κ3) is 1.32. The van der Waals surface area contributed by atoms with E-state index in [1.54, 1.807) is 17.8 Å². The molecule has 0 radical (unpaired) electrons. The van der Waals surface area contributed by atoms with E-state index in [1.165, 1.54) is 18.5 Å². The number of aryl methyl sites for hydroxylation is 1. The maximum Gasteiger partial charge on any atom is 0.157 e. The molecule has 0 atom stereocenters. The minimum absolute atomic E-state index is 0.135. The number of hydrogen-bond acceptors (Lipinski definition) is 3. The van der Waals surface area contributed by atoms with Crippen molar-refractivity contribution in [2.45, 2.75) is 0 Å². The van der Waals surface area contributed by atoms with Gasteiger partial charge in [-0.3, -0.25) is 0 Å². The molecule has 0 spiro atoms. The number of nitrogen functional groups attached to an aromatic ring is 1. The zero-order chi connectivity index (χ0) is 10.1. The third-order valence-corrected chi connectivity index (χ3v) is 1.97. The van der Waals surface area contributed by atoms with Crippen LogP contribution in [0, 0.1) is 5.82 Å². The maximum absolute atomic E-state index is 13.1. The van der Waals surface area contributed by atoms with Gasteiger partial charge in [-0.25, -0.2) is 14.1 Å². The second kappa shape index (κ2) is 3.10. The van der Waals surface area contributed by atoms with Crippen LogP contribution in [-0.2, 0) is 7.05 Å². The molecule has 0 aliphatic carbocycles. The average molecular weight is 192 g/mol. The summed E-state index contributed by atoms with van der Waals surface area (Å²) in [5, 5.41) is 3.90. The van der Waals surface area contributed by atoms with Crippen LogP contribution < -0.4 is 5.73 Å². The summed E-state index contributed by atoms with van der Waals surface area (Å²) in [6.45, 7) is 0. The predicted octanol–water partition coefficient (Wildman–Crippen LogP) is 1.20. The molecular weight excluding hydrogens is 183 g/mol. The Balaban J connectivity index is 2.53. The molecule has 2 aromatic rings. The smallest absolute Gasteiger partial charge is 0.157 e. The van der Waals surface area contributed by atoms with Crippen molar-refractivity contribution in [1.29, 1.82) is 0 Å². The average Bonchev–Trinajstić information content (AvgIpc) is 2.57. The van der Waals surface area contributed by atoms with Gasteiger partial charge in [0.1, 0.15) is 12.1 Å². The highest BCUT2D eigenvalue weighted by Gasteiger charge is 2.06. The van der Waals surface area contributed by atoms with E-state index in [2.05, 4.69) is 10.1 Å². The molecule has 0 aliphatic rings. The fraction of sp³-hybridized carbons (Fsp3) is 0.111. The SMILES string of the molecule is Cn1ncnc1-c1ccc(N)c(F)c1. The first kappa shape index (κ1) is 8.68. The van der Waals surface area contributed by atoms with Gasteiger partial charge in [-0.15, -0.1) is 0 Å². The van der Waals surface area contributed by atoms with Crippen LogP contribution in [0.4, 0.5) is 10.1 Å². The molecule has 0 fully saturated rings. The predicted molar refractivity (Wildman–Crippen MR) is 50.8 cm³/mol. The summed E-state index contributed by atoms with van der Waals surface area (Å²) in [4.78, 5) is 4.00. The van der Waals surface area contributed by atoms with Crippen molar-refractivity contribution in [3.63, 3.8) is 0 Å². The second-order valence-electron chi connectivity index (χ2n) is 2.94. The van der Waals surface area contributed by atoms with Gasteiger partial charge < -0.3 is 5.73 Å². The molecule has 0 amide bonds. The van der Waals surface area contributed by atoms with E-state index in [0.29, 0.717) is 11.4 Å². The van der Waals surface area contributed by atoms with E-state index < -0.39 is 5.82 Å². The molecule has 2 rings (SSSR count). The number of nitrogens with two attached hydrogens (primary N) is 1. The fourth-order valence-corrected chi connectivity index (χ4v) is 1.22. The van der Waals surface area contributed by atoms with Gasteiger partial charge in [-0.2, -0.15) is 5.10 Å². The standard InChI is InChI=1S/C9H9FN4/c1-14-9(12-5-13-14)6-2-3-8(11)7(10)4-6/h2-5H,11H2,1H3. The van der Waals surface area contributed by atoms with Crippen LogP contribution in [0.5, 0.6) is 0 Å². The van der Waals surface area contributed by atoms with Gasteiger partial charge in [0.15, 0.2) is 5.82 Å². The van der Waals surface area contributed by atoms with Gasteiger partial charge >= 0.3 is 0 Å². The lowest BCUT2D eigenvalue weighted by Gasteiger charge is -2.01. The Kier molecular flexibility index (Phi) is 1.92. The zero-order valence-corrected chi connectivity index (χ0v) is 7.61. The van der Waals surface area contributed by atoms with Crippen LogP contribution in [0.15, 0.2) is 24.5 Å². The summed E-state index contributed by atoms with van der Waals surface area (Å²) >= 11 is 0. The molecule has 1 aromatic heterocycles. The first-order valence-electron chi connectivity index (χ1n) is 4.08. The lowest BCUT2D eigenvalue weighted by Crippen LogP contribution is -1.96. The number of hydrogen-bond donors (Lipinski definition) is 1. The molecule has 72 valence electrons. The molecule has 14 heavy (non-hydrogen) atoms. The van der Waals surface area contributed by atoms with E-state index in [1.807, 2.05) is 0 Å². The summed E-state index contributed by atoms with van der Waals surface area (Å²) in [5.41, 5.74) is 6.16. The summed E-state index contributed by atoms with van der Waals surface area (Å²) in [7, 11) is 1.75. The van der Waals surface area contributed by atoms with Crippen LogP contribution in [0.3, 0.4) is 0 Å². The van der Waals surface area contributed by atoms with Gasteiger partial charge in [0, 0.05) is 12.6 Å². The van der Waals surface area contributed by atoms with E-state index in [-0.39, 0.29) is 5.69 Å². The number of benzene rings is 1. The van der Waals surface area contributed by atoms with Crippen LogP contribution in [-0.4, -0.2) is 14.8 Å². The summed E-state index contributed by atoms with van der Waals surface area (Å²) in [5.74, 6) is 0.175. The van der Waals surface area contributed by atoms with E-state index >= 15 is 0 Å². The molecule has 0 unspecified atom stereocenters. The Morgan fingerprint density at radius 1 is 1.43 bits per heavy atom. The van der Waals surface area contributed by atoms with Gasteiger partial charge in [-0.1, -0.05) is 0 Å². The second-order valence-corrected chi connectivity index (χ2v) is 2.94. The molecule has 0 aliphatic heterocycles. The van der Waals surface area contributed by atoms with Crippen LogP contribution in [0.2, 0.25) is 0 Å². The molecular formula is C9H9FN4. The van der Waals surface area contributed by atoms with Crippen LogP contribution in [0.1, 0.15) is 0 Å². The quantitative estimate of drug-likeness (QED) is 0.691. The summed E-state index contributed by atoms with van der Waals surface area (Å²) in [6.07, 6.45) is 1.42. The Hall–Kier alpha value is -1.91. The van der Waals surface area contributed by atoms with Gasteiger partial charge in [0.05, 0.1) is 5.69 Å². The van der Waals surface area contributed by atoms with Crippen molar-refractivity contribution in [1.82, 2.24) is 14.8 Å². The molecule has 2 N–H and O–H groups in total. The summed E-state index contributed by atoms with van der Waals surface area (Å²) in [6, 6.07) is 4.57. The monoisotopic (exact) mass is 192 g/mol. The largest absolute Gasteiger partial charge is 0.396 e. The van der Waals surface area contributed by atoms with Crippen molar-refractivity contribution < 1.29 is 4.39 Å². The first-order valence-corrected chi connectivity index (χ1v) is 4.08. The minimum atomic E-state index is -0.439. The van der Waals surface area contributed by atoms with Crippen molar-refractivity contribution in [3.8, 4) is 11.4 Å². The lowest BCUT2D eigenvalue weighted by atomic mass is 10.2. The molecule has 4 nitrogen and oxygen atoms in total. The molecule has 0 saturated heterocycles. The molecule has 0 saturated carbocycles. The zero-order valence-electron chi connectivity index (χ0n) is 7.61. The number of nitrogens with zero attached hydrogens (tertiary/aromatic N) is 3. The maximum atomic E-state index is 13.1. The van der Waals surface area contributed by atoms with Crippen LogP contribution >= 0.6 is 0 Å². The highest BCUT2D eigenvalue weighted by molar-refractivity contribution is 5.59. The molecule has 0 bridgehead atoms. The number of anilines is 1. The molecule has 1 aromatic carbocycles. The van der Waals surface area contributed by atoms with Gasteiger partial charge in [0.25, 0.3) is 0 Å². The van der Waals surface area contributed by atoms with Gasteiger partial charge in [0.2, 0.25) is 0 Å². The van der Waals surface area contributed by atoms with Crippen molar-refractivity contribution in [2.24, 2.45) is 7.05 Å². The van der Waals surface area contributed by atoms with Crippen molar-refractivity contribution >= 4 is 5.69 Å². The van der Waals surface area contributed by atoms with Gasteiger partial charge in [-0.05, 0) is 18.2 Å². The minimum Gasteiger partial charge on any atom is -0.396 e. The molecule has 1 heterocycles. The number of halogens is 1. The highest BCUT2D eigenvalue weighted by atomic mass is 19.1. The molecule has 5 heteroatoms.